The topological polar surface area (TPSA) is 69.4 Å². The van der Waals surface area contributed by atoms with E-state index in [-0.39, 0.29) is 11.5 Å². The molecule has 0 bridgehead atoms. The van der Waals surface area contributed by atoms with Crippen LogP contribution in [0.25, 0.3) is 6.08 Å². The molecular weight excluding hydrogens is 434 g/mol. The van der Waals surface area contributed by atoms with Crippen LogP contribution in [0, 0.1) is 10.1 Å². The first kappa shape index (κ1) is 19.1. The smallest absolute Gasteiger partial charge is 0.269 e. The summed E-state index contributed by atoms with van der Waals surface area (Å²) in [5.41, 5.74) is 4.42. The van der Waals surface area contributed by atoms with Crippen LogP contribution in [0.15, 0.2) is 76.8 Å². The number of benzene rings is 3. The SMILES string of the molecule is O=C1/C(=C/c2ccc(OCc3ccc([N+](=O)[O-])cc3)c(Br)c2)Cc2ccccc21. The van der Waals surface area contributed by atoms with E-state index in [9.17, 15) is 14.9 Å². The van der Waals surface area contributed by atoms with E-state index in [0.29, 0.717) is 18.8 Å². The summed E-state index contributed by atoms with van der Waals surface area (Å²) < 4.78 is 6.59. The first-order chi connectivity index (χ1) is 14.0. The fraction of sp³-hybridized carbons (Fsp3) is 0.0870. The molecule has 0 aromatic heterocycles. The molecule has 1 aliphatic carbocycles. The average molecular weight is 450 g/mol. The van der Waals surface area contributed by atoms with E-state index in [1.54, 1.807) is 12.1 Å². The van der Waals surface area contributed by atoms with Crippen molar-refractivity contribution in [3.8, 4) is 5.75 Å². The number of nitro benzene ring substituents is 1. The maximum Gasteiger partial charge on any atom is 0.269 e. The van der Waals surface area contributed by atoms with E-state index in [1.165, 1.54) is 12.1 Å². The Balaban J connectivity index is 1.46. The summed E-state index contributed by atoms with van der Waals surface area (Å²) in [6.07, 6.45) is 2.55. The number of carbonyl (C=O) groups excluding carboxylic acids is 1. The molecule has 0 aliphatic heterocycles. The van der Waals surface area contributed by atoms with Gasteiger partial charge >= 0.3 is 0 Å². The summed E-state index contributed by atoms with van der Waals surface area (Å²) >= 11 is 3.52. The van der Waals surface area contributed by atoms with Gasteiger partial charge in [0.05, 0.1) is 9.40 Å². The van der Waals surface area contributed by atoms with E-state index in [4.69, 9.17) is 4.74 Å². The van der Waals surface area contributed by atoms with Crippen LogP contribution >= 0.6 is 15.9 Å². The van der Waals surface area contributed by atoms with Crippen molar-refractivity contribution in [3.05, 3.63) is 109 Å². The van der Waals surface area contributed by atoms with Gasteiger partial charge in [-0.15, -0.1) is 0 Å². The highest BCUT2D eigenvalue weighted by molar-refractivity contribution is 9.10. The van der Waals surface area contributed by atoms with Gasteiger partial charge < -0.3 is 4.74 Å². The van der Waals surface area contributed by atoms with Gasteiger partial charge in [-0.2, -0.15) is 0 Å². The van der Waals surface area contributed by atoms with Gasteiger partial charge in [0.2, 0.25) is 0 Å². The molecule has 5 nitrogen and oxygen atoms in total. The van der Waals surface area contributed by atoms with E-state index in [2.05, 4.69) is 15.9 Å². The molecule has 0 amide bonds. The molecule has 4 rings (SSSR count). The predicted molar refractivity (Wildman–Crippen MR) is 114 cm³/mol. The van der Waals surface area contributed by atoms with E-state index >= 15 is 0 Å². The van der Waals surface area contributed by atoms with Gasteiger partial charge in [0.25, 0.3) is 5.69 Å². The Morgan fingerprint density at radius 2 is 1.83 bits per heavy atom. The number of non-ortho nitro benzene ring substituents is 1. The highest BCUT2D eigenvalue weighted by Crippen LogP contribution is 2.31. The summed E-state index contributed by atoms with van der Waals surface area (Å²) in [7, 11) is 0. The van der Waals surface area contributed by atoms with Gasteiger partial charge in [-0.1, -0.05) is 30.3 Å². The lowest BCUT2D eigenvalue weighted by molar-refractivity contribution is -0.384. The molecule has 0 radical (unpaired) electrons. The molecule has 0 atom stereocenters. The fourth-order valence-corrected chi connectivity index (χ4v) is 3.78. The minimum atomic E-state index is -0.429. The standard InChI is InChI=1S/C23H16BrNO4/c24-21-12-16(11-18-13-17-3-1-2-4-20(17)23(18)26)7-10-22(21)29-14-15-5-8-19(9-6-15)25(27)28/h1-12H,13-14H2/b18-11+. The van der Waals surface area contributed by atoms with Gasteiger partial charge in [-0.25, -0.2) is 0 Å². The molecule has 0 saturated carbocycles. The Hall–Kier alpha value is -3.25. The molecule has 0 unspecified atom stereocenters. The van der Waals surface area contributed by atoms with Crippen molar-refractivity contribution in [1.82, 2.24) is 0 Å². The second kappa shape index (κ2) is 8.01. The van der Waals surface area contributed by atoms with Crippen molar-refractivity contribution in [3.63, 3.8) is 0 Å². The lowest BCUT2D eigenvalue weighted by Gasteiger charge is -2.09. The van der Waals surface area contributed by atoms with Crippen molar-refractivity contribution in [2.45, 2.75) is 13.0 Å². The number of nitro groups is 1. The Morgan fingerprint density at radius 3 is 2.52 bits per heavy atom. The van der Waals surface area contributed by atoms with Crippen LogP contribution in [0.3, 0.4) is 0 Å². The van der Waals surface area contributed by atoms with Crippen LogP contribution in [0.2, 0.25) is 0 Å². The largest absolute Gasteiger partial charge is 0.488 e. The van der Waals surface area contributed by atoms with Crippen LogP contribution in [-0.2, 0) is 13.0 Å². The molecule has 6 heteroatoms. The summed E-state index contributed by atoms with van der Waals surface area (Å²) in [6.45, 7) is 0.296. The van der Waals surface area contributed by atoms with Gasteiger partial charge in [0.15, 0.2) is 5.78 Å². The molecule has 0 N–H and O–H groups in total. The number of Topliss-reactive ketones (excluding diaryl/α,β-unsaturated/α-hetero) is 1. The molecule has 0 spiro atoms. The highest BCUT2D eigenvalue weighted by Gasteiger charge is 2.23. The zero-order valence-electron chi connectivity index (χ0n) is 15.3. The lowest BCUT2D eigenvalue weighted by Crippen LogP contribution is -1.97. The number of ether oxygens (including phenoxy) is 1. The monoisotopic (exact) mass is 449 g/mol. The third-order valence-electron chi connectivity index (χ3n) is 4.77. The number of hydrogen-bond acceptors (Lipinski definition) is 4. The van der Waals surface area contributed by atoms with Crippen LogP contribution < -0.4 is 4.74 Å². The molecule has 0 saturated heterocycles. The predicted octanol–water partition coefficient (Wildman–Crippen LogP) is 5.76. The molecule has 144 valence electrons. The quantitative estimate of drug-likeness (QED) is 0.282. The van der Waals surface area contributed by atoms with Crippen molar-refractivity contribution >= 4 is 33.5 Å². The minimum absolute atomic E-state index is 0.0518. The van der Waals surface area contributed by atoms with Crippen LogP contribution in [0.5, 0.6) is 5.75 Å². The number of nitrogens with zero attached hydrogens (tertiary/aromatic N) is 1. The molecular formula is C23H16BrNO4. The number of carbonyl (C=O) groups is 1. The minimum Gasteiger partial charge on any atom is -0.488 e. The van der Waals surface area contributed by atoms with Gasteiger partial charge in [0.1, 0.15) is 12.4 Å². The van der Waals surface area contributed by atoms with Crippen LogP contribution in [0.4, 0.5) is 5.69 Å². The fourth-order valence-electron chi connectivity index (χ4n) is 3.27. The number of ketones is 1. The van der Waals surface area contributed by atoms with E-state index in [1.807, 2.05) is 48.5 Å². The third-order valence-corrected chi connectivity index (χ3v) is 5.39. The molecule has 0 fully saturated rings. The van der Waals surface area contributed by atoms with Crippen molar-refractivity contribution in [2.75, 3.05) is 0 Å². The van der Waals surface area contributed by atoms with E-state index < -0.39 is 4.92 Å². The third kappa shape index (κ3) is 4.12. The Morgan fingerprint density at radius 1 is 1.07 bits per heavy atom. The zero-order chi connectivity index (χ0) is 20.4. The number of halogens is 1. The Bertz CT molecular complexity index is 1140. The number of fused-ring (bicyclic) bond motifs is 1. The van der Waals surface area contributed by atoms with Crippen LogP contribution in [-0.4, -0.2) is 10.7 Å². The second-order valence-corrected chi connectivity index (χ2v) is 7.59. The van der Waals surface area contributed by atoms with Crippen LogP contribution in [0.1, 0.15) is 27.0 Å². The molecule has 29 heavy (non-hydrogen) atoms. The molecule has 1 aliphatic rings. The number of hydrogen-bond donors (Lipinski definition) is 0. The molecule has 0 heterocycles. The summed E-state index contributed by atoms with van der Waals surface area (Å²) in [5.74, 6) is 0.738. The van der Waals surface area contributed by atoms with Crippen molar-refractivity contribution < 1.29 is 14.5 Å². The summed E-state index contributed by atoms with van der Waals surface area (Å²) in [6, 6.07) is 19.6. The maximum atomic E-state index is 12.5. The second-order valence-electron chi connectivity index (χ2n) is 6.73. The maximum absolute atomic E-state index is 12.5. The van der Waals surface area contributed by atoms with E-state index in [0.717, 1.165) is 32.3 Å². The Labute approximate surface area is 175 Å². The number of rotatable bonds is 5. The Kier molecular flexibility index (Phi) is 5.27. The molecule has 3 aromatic rings. The average Bonchev–Trinajstić information content (AvgIpc) is 3.03. The number of allylic oxidation sites excluding steroid dienone is 1. The normalized spacial score (nSPS) is 14.1. The van der Waals surface area contributed by atoms with Crippen molar-refractivity contribution in [2.24, 2.45) is 0 Å². The zero-order valence-corrected chi connectivity index (χ0v) is 16.9. The van der Waals surface area contributed by atoms with Gasteiger partial charge in [-0.3, -0.25) is 14.9 Å². The van der Waals surface area contributed by atoms with Crippen molar-refractivity contribution in [1.29, 1.82) is 0 Å². The van der Waals surface area contributed by atoms with Gasteiger partial charge in [0, 0.05) is 29.7 Å². The summed E-state index contributed by atoms with van der Waals surface area (Å²) in [4.78, 5) is 22.8. The first-order valence-corrected chi connectivity index (χ1v) is 9.79. The first-order valence-electron chi connectivity index (χ1n) is 9.00. The van der Waals surface area contributed by atoms with Gasteiger partial charge in [-0.05, 0) is 63.0 Å². The lowest BCUT2D eigenvalue weighted by atomic mass is 10.1. The highest BCUT2D eigenvalue weighted by atomic mass is 79.9. The molecule has 3 aromatic carbocycles. The summed E-state index contributed by atoms with van der Waals surface area (Å²) in [5, 5.41) is 10.7.